The van der Waals surface area contributed by atoms with Crippen LogP contribution in [-0.2, 0) is 28.5 Å². The Kier molecular flexibility index (Phi) is 22.1. The van der Waals surface area contributed by atoms with Crippen LogP contribution in [0.15, 0.2) is 135 Å². The fourth-order valence-electron chi connectivity index (χ4n) is 7.29. The Hall–Kier alpha value is -8.48. The first-order valence-corrected chi connectivity index (χ1v) is 25.0. The van der Waals surface area contributed by atoms with Gasteiger partial charge in [-0.05, 0) is 145 Å². The molecule has 6 aromatic carbocycles. The highest BCUT2D eigenvalue weighted by atomic mass is 16.5. The van der Waals surface area contributed by atoms with Crippen molar-refractivity contribution in [1.82, 2.24) is 0 Å². The molecule has 0 aromatic heterocycles. The van der Waals surface area contributed by atoms with Crippen molar-refractivity contribution in [3.05, 3.63) is 168 Å². The molecule has 0 aliphatic heterocycles. The Morgan fingerprint density at radius 2 is 0.757 bits per heavy atom. The maximum atomic E-state index is 13.2. The normalized spacial score (nSPS) is 10.5. The lowest BCUT2D eigenvalue weighted by atomic mass is 10.1. The fraction of sp³-hybridized carbons (Fsp3) is 0.290. The number of benzene rings is 6. The van der Waals surface area contributed by atoms with Crippen molar-refractivity contribution >= 4 is 45.4 Å². The fourth-order valence-corrected chi connectivity index (χ4v) is 7.29. The van der Waals surface area contributed by atoms with E-state index in [4.69, 9.17) is 37.9 Å². The van der Waals surface area contributed by atoms with Crippen LogP contribution in [0.1, 0.15) is 108 Å². The maximum absolute atomic E-state index is 13.2. The molecule has 0 unspecified atom stereocenters. The van der Waals surface area contributed by atoms with Gasteiger partial charge in [-0.1, -0.05) is 75.0 Å². The molecule has 12 nitrogen and oxygen atoms in total. The molecule has 382 valence electrons. The minimum atomic E-state index is -0.464. The molecule has 6 rings (SSSR count). The number of fused-ring (bicyclic) bond motifs is 2. The van der Waals surface area contributed by atoms with E-state index in [1.165, 1.54) is 0 Å². The van der Waals surface area contributed by atoms with E-state index in [0.717, 1.165) is 82.0 Å². The second-order valence-electron chi connectivity index (χ2n) is 16.9. The molecule has 0 bridgehead atoms. The van der Waals surface area contributed by atoms with Crippen LogP contribution in [0, 0.1) is 23.7 Å². The molecule has 0 heterocycles. The second-order valence-corrected chi connectivity index (χ2v) is 16.9. The zero-order chi connectivity index (χ0) is 52.3. The molecule has 0 radical (unpaired) electrons. The molecule has 0 saturated carbocycles. The number of carbonyl (C=O) groups excluding carboxylic acids is 4. The van der Waals surface area contributed by atoms with Gasteiger partial charge >= 0.3 is 23.9 Å². The standard InChI is InChI=1S/C62H62O12/c1-5-31-73-61(65)55-41-47(17-15-45-19-23-51-43-53(27-25-49(51)39-45)67-35-13-37-71-59(63)7-3)21-29-57(55)69-33-11-9-10-12-34-70-58-30-22-48(42-56(58)62(66)74-32-6-2)18-16-46-20-24-52-44-54(28-26-50(52)40-46)68-36-14-38-72-60(64)8-4/h7-8,19-30,39-44H,3-6,9-14,31-38H2,1-2H3. The highest BCUT2D eigenvalue weighted by molar-refractivity contribution is 5.94. The second kappa shape index (κ2) is 29.8. The smallest absolute Gasteiger partial charge is 0.341 e. The Balaban J connectivity index is 0.979. The number of hydrogen-bond acceptors (Lipinski definition) is 12. The topological polar surface area (TPSA) is 142 Å². The minimum absolute atomic E-state index is 0.260. The van der Waals surface area contributed by atoms with Gasteiger partial charge in [0.1, 0.15) is 34.1 Å². The number of hydrogen-bond donors (Lipinski definition) is 0. The molecule has 74 heavy (non-hydrogen) atoms. The van der Waals surface area contributed by atoms with Crippen LogP contribution < -0.4 is 18.9 Å². The molecule has 0 aliphatic carbocycles. The van der Waals surface area contributed by atoms with Crippen LogP contribution in [0.25, 0.3) is 21.5 Å². The summed E-state index contributed by atoms with van der Waals surface area (Å²) in [7, 11) is 0. The largest absolute Gasteiger partial charge is 0.493 e. The van der Waals surface area contributed by atoms with E-state index in [1.807, 2.05) is 98.8 Å². The number of carbonyl (C=O) groups is 4. The molecule has 0 saturated heterocycles. The van der Waals surface area contributed by atoms with Crippen LogP contribution in [0.4, 0.5) is 0 Å². The van der Waals surface area contributed by atoms with E-state index >= 15 is 0 Å². The average molecular weight is 999 g/mol. The maximum Gasteiger partial charge on any atom is 0.341 e. The van der Waals surface area contributed by atoms with Gasteiger partial charge < -0.3 is 37.9 Å². The summed E-state index contributed by atoms with van der Waals surface area (Å²) in [5.41, 5.74) is 3.57. The summed E-state index contributed by atoms with van der Waals surface area (Å²) in [5, 5.41) is 3.99. The van der Waals surface area contributed by atoms with E-state index in [2.05, 4.69) is 36.8 Å². The molecule has 12 heteroatoms. The van der Waals surface area contributed by atoms with Crippen molar-refractivity contribution < 1.29 is 57.1 Å². The Morgan fingerprint density at radius 3 is 1.16 bits per heavy atom. The van der Waals surface area contributed by atoms with Gasteiger partial charge in [0.15, 0.2) is 0 Å². The van der Waals surface area contributed by atoms with E-state index in [0.29, 0.717) is 99.1 Å². The van der Waals surface area contributed by atoms with Crippen molar-refractivity contribution in [1.29, 1.82) is 0 Å². The Bertz CT molecular complexity index is 2830. The predicted molar refractivity (Wildman–Crippen MR) is 286 cm³/mol. The zero-order valence-electron chi connectivity index (χ0n) is 42.2. The van der Waals surface area contributed by atoms with E-state index in [-0.39, 0.29) is 13.2 Å². The zero-order valence-corrected chi connectivity index (χ0v) is 42.2. The van der Waals surface area contributed by atoms with Crippen LogP contribution in [0.2, 0.25) is 0 Å². The van der Waals surface area contributed by atoms with E-state index in [1.54, 1.807) is 24.3 Å². The summed E-state index contributed by atoms with van der Waals surface area (Å²) in [6, 6.07) is 34.1. The van der Waals surface area contributed by atoms with Gasteiger partial charge in [0, 0.05) is 47.2 Å². The van der Waals surface area contributed by atoms with Crippen molar-refractivity contribution in [2.45, 2.75) is 65.2 Å². The molecule has 0 amide bonds. The van der Waals surface area contributed by atoms with Gasteiger partial charge in [-0.2, -0.15) is 0 Å². The summed E-state index contributed by atoms with van der Waals surface area (Å²) >= 11 is 0. The van der Waals surface area contributed by atoms with Crippen molar-refractivity contribution in [3.63, 3.8) is 0 Å². The number of ether oxygens (including phenoxy) is 8. The van der Waals surface area contributed by atoms with Crippen LogP contribution in [0.5, 0.6) is 23.0 Å². The summed E-state index contributed by atoms with van der Waals surface area (Å²) in [6.45, 7) is 13.4. The number of esters is 4. The van der Waals surface area contributed by atoms with Gasteiger partial charge in [0.2, 0.25) is 0 Å². The van der Waals surface area contributed by atoms with Crippen molar-refractivity contribution in [3.8, 4) is 46.7 Å². The molecular weight excluding hydrogens is 937 g/mol. The number of rotatable bonds is 27. The third kappa shape index (κ3) is 17.7. The third-order valence-corrected chi connectivity index (χ3v) is 11.1. The lowest BCUT2D eigenvalue weighted by Gasteiger charge is -2.13. The summed E-state index contributed by atoms with van der Waals surface area (Å²) < 4.78 is 44.9. The van der Waals surface area contributed by atoms with Crippen LogP contribution in [-0.4, -0.2) is 76.7 Å². The van der Waals surface area contributed by atoms with Crippen molar-refractivity contribution in [2.24, 2.45) is 0 Å². The molecule has 0 spiro atoms. The average Bonchev–Trinajstić information content (AvgIpc) is 3.43. The predicted octanol–water partition coefficient (Wildman–Crippen LogP) is 11.9. The highest BCUT2D eigenvalue weighted by Crippen LogP contribution is 2.26. The molecule has 0 fully saturated rings. The van der Waals surface area contributed by atoms with Crippen LogP contribution >= 0.6 is 0 Å². The summed E-state index contributed by atoms with van der Waals surface area (Å²) in [4.78, 5) is 48.8. The van der Waals surface area contributed by atoms with E-state index < -0.39 is 23.9 Å². The van der Waals surface area contributed by atoms with Crippen molar-refractivity contribution in [2.75, 3.05) is 52.9 Å². The molecule has 0 aliphatic rings. The van der Waals surface area contributed by atoms with Crippen LogP contribution in [0.3, 0.4) is 0 Å². The van der Waals surface area contributed by atoms with Gasteiger partial charge in [-0.15, -0.1) is 0 Å². The molecular formula is C62H62O12. The summed E-state index contributed by atoms with van der Waals surface area (Å²) in [5.74, 6) is 13.3. The SMILES string of the molecule is C=CC(=O)OCCCOc1ccc2cc(C#Cc3ccc(OCCCCCCOc4ccc(C#Cc5ccc6cc(OCCCOC(=O)C=C)ccc6c5)cc4C(=O)OCCC)c(C(=O)OCCC)c3)ccc2c1. The lowest BCUT2D eigenvalue weighted by molar-refractivity contribution is -0.138. The Labute approximate surface area is 433 Å². The summed E-state index contributed by atoms with van der Waals surface area (Å²) in [6.07, 6.45) is 7.99. The van der Waals surface area contributed by atoms with E-state index in [9.17, 15) is 19.2 Å². The molecule has 0 atom stereocenters. The first kappa shape index (κ1) is 54.8. The molecule has 6 aromatic rings. The highest BCUT2D eigenvalue weighted by Gasteiger charge is 2.17. The number of unbranched alkanes of at least 4 members (excludes halogenated alkanes) is 3. The van der Waals surface area contributed by atoms with Gasteiger partial charge in [0.25, 0.3) is 0 Å². The first-order chi connectivity index (χ1) is 36.2. The minimum Gasteiger partial charge on any atom is -0.493 e. The lowest BCUT2D eigenvalue weighted by Crippen LogP contribution is -2.10. The quantitative estimate of drug-likeness (QED) is 0.0159. The third-order valence-electron chi connectivity index (χ3n) is 11.1. The first-order valence-electron chi connectivity index (χ1n) is 25.0. The van der Waals surface area contributed by atoms with Gasteiger partial charge in [0.05, 0.1) is 52.9 Å². The van der Waals surface area contributed by atoms with Gasteiger partial charge in [-0.25, -0.2) is 19.2 Å². The Morgan fingerprint density at radius 1 is 0.392 bits per heavy atom. The van der Waals surface area contributed by atoms with Gasteiger partial charge in [-0.3, -0.25) is 0 Å². The molecule has 0 N–H and O–H groups in total. The monoisotopic (exact) mass is 998 g/mol.